The van der Waals surface area contributed by atoms with E-state index in [9.17, 15) is 0 Å². The Kier molecular flexibility index (Phi) is 5.34. The molecule has 0 unspecified atom stereocenters. The minimum atomic E-state index is 0.0165. The molecule has 4 aromatic carbocycles. The largest absolute Gasteiger partial charge is 0.309 e. The average Bonchev–Trinajstić information content (AvgIpc) is 3.45. The number of nitrogens with zero attached hydrogens (tertiary/aromatic N) is 3. The molecule has 6 aromatic rings. The molecule has 37 heavy (non-hydrogen) atoms. The zero-order chi connectivity index (χ0) is 25.9. The topological polar surface area (TPSA) is 22.8 Å². The molecule has 2 heterocycles. The number of para-hydroxylation sites is 2. The first-order valence-corrected chi connectivity index (χ1v) is 13.0. The lowest BCUT2D eigenvalue weighted by molar-refractivity contribution is 0.587. The highest BCUT2D eigenvalue weighted by molar-refractivity contribution is 6.10. The van der Waals surface area contributed by atoms with Crippen molar-refractivity contribution in [1.82, 2.24) is 14.1 Å². The standard InChI is InChI=1S/C34H33N3/c1-22-19-23(2)32(24(3)20-22)36-18-17-35-33(36)25-15-16-27-26-11-7-9-13-29(26)37(31(27)21-25)30-14-10-8-12-28(30)34(4,5)6/h7-21H,1-6H3. The van der Waals surface area contributed by atoms with Crippen LogP contribution in [0.1, 0.15) is 43.0 Å². The monoisotopic (exact) mass is 483 g/mol. The van der Waals surface area contributed by atoms with E-state index in [0.717, 1.165) is 11.4 Å². The van der Waals surface area contributed by atoms with Crippen LogP contribution in [-0.4, -0.2) is 14.1 Å². The summed E-state index contributed by atoms with van der Waals surface area (Å²) in [5.74, 6) is 0.956. The van der Waals surface area contributed by atoms with Crippen LogP contribution in [0.5, 0.6) is 0 Å². The van der Waals surface area contributed by atoms with E-state index >= 15 is 0 Å². The number of aromatic nitrogens is 3. The third-order valence-electron chi connectivity index (χ3n) is 7.40. The molecule has 3 heteroatoms. The highest BCUT2D eigenvalue weighted by Gasteiger charge is 2.22. The van der Waals surface area contributed by atoms with Crippen LogP contribution >= 0.6 is 0 Å². The lowest BCUT2D eigenvalue weighted by Crippen LogP contribution is -2.15. The Bertz CT molecular complexity index is 1770. The number of aryl methyl sites for hydroxylation is 3. The van der Waals surface area contributed by atoms with Gasteiger partial charge >= 0.3 is 0 Å². The van der Waals surface area contributed by atoms with Crippen LogP contribution in [0.2, 0.25) is 0 Å². The van der Waals surface area contributed by atoms with E-state index in [1.165, 1.54) is 55.4 Å². The molecule has 0 saturated carbocycles. The first-order chi connectivity index (χ1) is 17.7. The van der Waals surface area contributed by atoms with Crippen LogP contribution in [0.3, 0.4) is 0 Å². The Hall–Kier alpha value is -4.11. The molecule has 0 atom stereocenters. The van der Waals surface area contributed by atoms with E-state index in [4.69, 9.17) is 4.98 Å². The summed E-state index contributed by atoms with van der Waals surface area (Å²) in [7, 11) is 0. The van der Waals surface area contributed by atoms with Crippen molar-refractivity contribution in [3.8, 4) is 22.8 Å². The maximum Gasteiger partial charge on any atom is 0.144 e. The third-order valence-corrected chi connectivity index (χ3v) is 7.40. The zero-order valence-electron chi connectivity index (χ0n) is 22.5. The third kappa shape index (κ3) is 3.77. The van der Waals surface area contributed by atoms with E-state index in [1.54, 1.807) is 0 Å². The summed E-state index contributed by atoms with van der Waals surface area (Å²) in [6, 6.07) is 28.8. The normalized spacial score (nSPS) is 12.1. The zero-order valence-corrected chi connectivity index (χ0v) is 22.5. The minimum absolute atomic E-state index is 0.0165. The molecule has 2 aromatic heterocycles. The quantitative estimate of drug-likeness (QED) is 0.246. The fourth-order valence-corrected chi connectivity index (χ4v) is 5.92. The van der Waals surface area contributed by atoms with Crippen molar-refractivity contribution in [3.05, 3.63) is 114 Å². The second kappa shape index (κ2) is 8.48. The summed E-state index contributed by atoms with van der Waals surface area (Å²) in [4.78, 5) is 4.84. The molecule has 0 saturated heterocycles. The molecule has 0 amide bonds. The molecule has 184 valence electrons. The summed E-state index contributed by atoms with van der Waals surface area (Å²) in [6.07, 6.45) is 3.98. The summed E-state index contributed by atoms with van der Waals surface area (Å²) in [5, 5.41) is 2.52. The minimum Gasteiger partial charge on any atom is -0.309 e. The van der Waals surface area contributed by atoms with Crippen molar-refractivity contribution in [2.75, 3.05) is 0 Å². The van der Waals surface area contributed by atoms with Crippen molar-refractivity contribution in [3.63, 3.8) is 0 Å². The molecule has 0 fully saturated rings. The van der Waals surface area contributed by atoms with E-state index in [1.807, 2.05) is 6.20 Å². The van der Waals surface area contributed by atoms with E-state index in [-0.39, 0.29) is 5.41 Å². The molecule has 0 aliphatic heterocycles. The van der Waals surface area contributed by atoms with Crippen molar-refractivity contribution in [2.45, 2.75) is 47.0 Å². The summed E-state index contributed by atoms with van der Waals surface area (Å²) in [6.45, 7) is 13.4. The summed E-state index contributed by atoms with van der Waals surface area (Å²) in [5.41, 5.74) is 11.1. The number of hydrogen-bond acceptors (Lipinski definition) is 1. The Labute approximate surface area is 219 Å². The summed E-state index contributed by atoms with van der Waals surface area (Å²) >= 11 is 0. The van der Waals surface area contributed by atoms with Crippen LogP contribution in [0.25, 0.3) is 44.6 Å². The van der Waals surface area contributed by atoms with Crippen molar-refractivity contribution in [2.24, 2.45) is 0 Å². The average molecular weight is 484 g/mol. The SMILES string of the molecule is Cc1cc(C)c(-n2ccnc2-c2ccc3c4ccccc4n(-c4ccccc4C(C)(C)C)c3c2)c(C)c1. The molecule has 0 spiro atoms. The lowest BCUT2D eigenvalue weighted by atomic mass is 9.85. The van der Waals surface area contributed by atoms with Crippen LogP contribution in [0, 0.1) is 20.8 Å². The Morgan fingerprint density at radius 2 is 1.38 bits per heavy atom. The van der Waals surface area contributed by atoms with Gasteiger partial charge in [-0.25, -0.2) is 4.98 Å². The van der Waals surface area contributed by atoms with Crippen LogP contribution in [-0.2, 0) is 5.41 Å². The molecule has 3 nitrogen and oxygen atoms in total. The van der Waals surface area contributed by atoms with Gasteiger partial charge in [0, 0.05) is 34.4 Å². The van der Waals surface area contributed by atoms with Crippen molar-refractivity contribution in [1.29, 1.82) is 0 Å². The number of fused-ring (bicyclic) bond motifs is 3. The second-order valence-corrected chi connectivity index (χ2v) is 11.2. The fourth-order valence-electron chi connectivity index (χ4n) is 5.92. The highest BCUT2D eigenvalue weighted by Crippen LogP contribution is 2.38. The fraction of sp³-hybridized carbons (Fsp3) is 0.206. The maximum absolute atomic E-state index is 4.84. The van der Waals surface area contributed by atoms with Gasteiger partial charge in [0.15, 0.2) is 0 Å². The van der Waals surface area contributed by atoms with Crippen LogP contribution < -0.4 is 0 Å². The molecule has 0 bridgehead atoms. The van der Waals surface area contributed by atoms with Crippen LogP contribution in [0.4, 0.5) is 0 Å². The van der Waals surface area contributed by atoms with Gasteiger partial charge in [0.1, 0.15) is 5.82 Å². The molecular formula is C34H33N3. The molecule has 0 aliphatic carbocycles. The number of benzene rings is 4. The molecule has 0 radical (unpaired) electrons. The highest BCUT2D eigenvalue weighted by atomic mass is 15.1. The van der Waals surface area contributed by atoms with Crippen LogP contribution in [0.15, 0.2) is 91.3 Å². The van der Waals surface area contributed by atoms with Gasteiger partial charge in [-0.15, -0.1) is 0 Å². The smallest absolute Gasteiger partial charge is 0.144 e. The van der Waals surface area contributed by atoms with Gasteiger partial charge in [0.25, 0.3) is 0 Å². The number of imidazole rings is 1. The van der Waals surface area contributed by atoms with E-state index in [2.05, 4.69) is 136 Å². The number of rotatable bonds is 3. The number of hydrogen-bond donors (Lipinski definition) is 0. The summed E-state index contributed by atoms with van der Waals surface area (Å²) < 4.78 is 4.67. The van der Waals surface area contributed by atoms with Gasteiger partial charge in [0.05, 0.1) is 16.7 Å². The van der Waals surface area contributed by atoms with E-state index in [0.29, 0.717) is 0 Å². The second-order valence-electron chi connectivity index (χ2n) is 11.2. The Morgan fingerprint density at radius 3 is 2.14 bits per heavy atom. The van der Waals surface area contributed by atoms with Gasteiger partial charge in [-0.2, -0.15) is 0 Å². The predicted octanol–water partition coefficient (Wildman–Crippen LogP) is 8.86. The predicted molar refractivity (Wildman–Crippen MR) is 156 cm³/mol. The molecule has 0 aliphatic rings. The van der Waals surface area contributed by atoms with E-state index < -0.39 is 0 Å². The lowest BCUT2D eigenvalue weighted by Gasteiger charge is -2.24. The van der Waals surface area contributed by atoms with Gasteiger partial charge in [-0.3, -0.25) is 4.57 Å². The van der Waals surface area contributed by atoms with Gasteiger partial charge in [0.2, 0.25) is 0 Å². The van der Waals surface area contributed by atoms with Crippen molar-refractivity contribution >= 4 is 21.8 Å². The first kappa shape index (κ1) is 23.3. The molecular weight excluding hydrogens is 450 g/mol. The molecule has 6 rings (SSSR count). The van der Waals surface area contributed by atoms with Gasteiger partial charge in [-0.1, -0.05) is 87.0 Å². The maximum atomic E-state index is 4.84. The Balaban J connectivity index is 1.64. The first-order valence-electron chi connectivity index (χ1n) is 13.0. The van der Waals surface area contributed by atoms with Gasteiger partial charge < -0.3 is 4.57 Å². The molecule has 0 N–H and O–H groups in total. The van der Waals surface area contributed by atoms with Gasteiger partial charge in [-0.05, 0) is 61.1 Å². The van der Waals surface area contributed by atoms with Crippen molar-refractivity contribution < 1.29 is 0 Å². The Morgan fingerprint density at radius 1 is 0.703 bits per heavy atom.